The fourth-order valence-corrected chi connectivity index (χ4v) is 4.03. The van der Waals surface area contributed by atoms with Crippen molar-refractivity contribution in [2.24, 2.45) is 0 Å². The van der Waals surface area contributed by atoms with E-state index in [1.165, 1.54) is 0 Å². The first-order valence-electron chi connectivity index (χ1n) is 8.66. The quantitative estimate of drug-likeness (QED) is 0.608. The van der Waals surface area contributed by atoms with E-state index in [2.05, 4.69) is 31.9 Å². The molecule has 4 rings (SSSR count). The molecule has 0 saturated carbocycles. The highest BCUT2D eigenvalue weighted by Crippen LogP contribution is 2.34. The van der Waals surface area contributed by atoms with Crippen LogP contribution in [0.1, 0.15) is 23.2 Å². The number of hydrogen-bond acceptors (Lipinski definition) is 3. The largest absolute Gasteiger partial charge is 0.362 e. The second-order valence-electron chi connectivity index (χ2n) is 6.75. The number of anilines is 2. The van der Waals surface area contributed by atoms with Crippen molar-refractivity contribution in [3.8, 4) is 0 Å². The maximum Gasteiger partial charge on any atom is 0.321 e. The van der Waals surface area contributed by atoms with E-state index >= 15 is 0 Å². The van der Waals surface area contributed by atoms with Crippen molar-refractivity contribution in [3.63, 3.8) is 0 Å². The molecule has 2 aliphatic rings. The van der Waals surface area contributed by atoms with E-state index in [0.29, 0.717) is 36.5 Å². The van der Waals surface area contributed by atoms with Crippen LogP contribution in [0.15, 0.2) is 46.9 Å². The molecule has 0 aromatic heterocycles. The van der Waals surface area contributed by atoms with Gasteiger partial charge in [-0.15, -0.1) is 0 Å². The number of likely N-dealkylation sites (tertiary alicyclic amines) is 1. The first kappa shape index (κ1) is 18.1. The average Bonchev–Trinajstić information content (AvgIpc) is 2.64. The Labute approximate surface area is 170 Å². The number of benzene rings is 2. The number of hydrogen-bond donors (Lipinski definition) is 3. The van der Waals surface area contributed by atoms with E-state index in [0.717, 1.165) is 15.8 Å². The summed E-state index contributed by atoms with van der Waals surface area (Å²) < 4.78 is 0.958. The van der Waals surface area contributed by atoms with Gasteiger partial charge in [0.25, 0.3) is 5.91 Å². The van der Waals surface area contributed by atoms with Crippen molar-refractivity contribution in [3.05, 3.63) is 57.5 Å². The zero-order chi connectivity index (χ0) is 19.0. The van der Waals surface area contributed by atoms with Gasteiger partial charge in [-0.05, 0) is 36.4 Å². The number of amides is 3. The molecule has 2 aromatic rings. The SMILES string of the molecule is O=C1NC2(CCN(C(=O)Nc3ccc(Br)cc3)CC2)Nc2cccc(Cl)c21. The number of carbonyl (C=O) groups excluding carboxylic acids is 2. The lowest BCUT2D eigenvalue weighted by Crippen LogP contribution is -2.63. The topological polar surface area (TPSA) is 73.5 Å². The highest BCUT2D eigenvalue weighted by atomic mass is 79.9. The summed E-state index contributed by atoms with van der Waals surface area (Å²) in [5, 5.41) is 9.80. The van der Waals surface area contributed by atoms with Crippen LogP contribution in [0.5, 0.6) is 0 Å². The second-order valence-corrected chi connectivity index (χ2v) is 8.07. The Morgan fingerprint density at radius 1 is 1.11 bits per heavy atom. The number of fused-ring (bicyclic) bond motifs is 1. The van der Waals surface area contributed by atoms with Gasteiger partial charge >= 0.3 is 6.03 Å². The molecule has 1 fully saturated rings. The van der Waals surface area contributed by atoms with Crippen molar-refractivity contribution in [2.45, 2.75) is 18.5 Å². The number of halogens is 2. The molecule has 6 nitrogen and oxygen atoms in total. The predicted molar refractivity (Wildman–Crippen MR) is 109 cm³/mol. The van der Waals surface area contributed by atoms with Crippen molar-refractivity contribution in [2.75, 3.05) is 23.7 Å². The van der Waals surface area contributed by atoms with Gasteiger partial charge in [-0.3, -0.25) is 4.79 Å². The van der Waals surface area contributed by atoms with Crippen LogP contribution in [0.25, 0.3) is 0 Å². The third-order valence-corrected chi connectivity index (χ3v) is 5.81. The molecule has 0 unspecified atom stereocenters. The minimum atomic E-state index is -0.552. The third-order valence-electron chi connectivity index (χ3n) is 4.97. The summed E-state index contributed by atoms with van der Waals surface area (Å²) in [6, 6.07) is 12.7. The van der Waals surface area contributed by atoms with Crippen LogP contribution in [0.4, 0.5) is 16.2 Å². The summed E-state index contributed by atoms with van der Waals surface area (Å²) in [4.78, 5) is 26.8. The van der Waals surface area contributed by atoms with Crippen LogP contribution in [-0.4, -0.2) is 35.6 Å². The minimum absolute atomic E-state index is 0.141. The number of piperidine rings is 1. The number of carbonyl (C=O) groups is 2. The molecular formula is C19H18BrClN4O2. The van der Waals surface area contributed by atoms with E-state index < -0.39 is 5.66 Å². The summed E-state index contributed by atoms with van der Waals surface area (Å²) in [6.45, 7) is 1.07. The lowest BCUT2D eigenvalue weighted by molar-refractivity contribution is 0.0852. The van der Waals surface area contributed by atoms with Crippen molar-refractivity contribution in [1.82, 2.24) is 10.2 Å². The molecule has 8 heteroatoms. The van der Waals surface area contributed by atoms with E-state index in [-0.39, 0.29) is 11.9 Å². The summed E-state index contributed by atoms with van der Waals surface area (Å²) >= 11 is 9.53. The average molecular weight is 450 g/mol. The Morgan fingerprint density at radius 3 is 2.52 bits per heavy atom. The molecule has 3 amide bonds. The number of urea groups is 1. The molecule has 2 heterocycles. The van der Waals surface area contributed by atoms with E-state index in [1.54, 1.807) is 11.0 Å². The Bertz CT molecular complexity index is 895. The Hall–Kier alpha value is -2.25. The zero-order valence-electron chi connectivity index (χ0n) is 14.4. The van der Waals surface area contributed by atoms with Crippen molar-refractivity contribution < 1.29 is 9.59 Å². The maximum absolute atomic E-state index is 12.5. The van der Waals surface area contributed by atoms with Crippen LogP contribution in [0.3, 0.4) is 0 Å². The molecule has 27 heavy (non-hydrogen) atoms. The number of rotatable bonds is 1. The normalized spacial score (nSPS) is 17.7. The molecule has 3 N–H and O–H groups in total. The summed E-state index contributed by atoms with van der Waals surface area (Å²) in [5.74, 6) is -0.179. The fraction of sp³-hybridized carbons (Fsp3) is 0.263. The molecule has 0 bridgehead atoms. The maximum atomic E-state index is 12.5. The van der Waals surface area contributed by atoms with Crippen molar-refractivity contribution >= 4 is 50.8 Å². The van der Waals surface area contributed by atoms with Crippen LogP contribution in [0.2, 0.25) is 5.02 Å². The molecule has 0 radical (unpaired) electrons. The number of nitrogens with zero attached hydrogens (tertiary/aromatic N) is 1. The molecular weight excluding hydrogens is 432 g/mol. The Balaban J connectivity index is 1.42. The first-order valence-corrected chi connectivity index (χ1v) is 9.84. The molecule has 2 aliphatic heterocycles. The predicted octanol–water partition coefficient (Wildman–Crippen LogP) is 4.28. The summed E-state index contributed by atoms with van der Waals surface area (Å²) in [5.41, 5.74) is 1.40. The van der Waals surface area contributed by atoms with Crippen LogP contribution in [-0.2, 0) is 0 Å². The van der Waals surface area contributed by atoms with E-state index in [4.69, 9.17) is 11.6 Å². The minimum Gasteiger partial charge on any atom is -0.362 e. The summed E-state index contributed by atoms with van der Waals surface area (Å²) in [6.07, 6.45) is 1.22. The first-order chi connectivity index (χ1) is 13.0. The molecule has 2 aromatic carbocycles. The van der Waals surface area contributed by atoms with Gasteiger partial charge in [0.05, 0.1) is 16.3 Å². The molecule has 0 atom stereocenters. The van der Waals surface area contributed by atoms with Gasteiger partial charge in [-0.25, -0.2) is 4.79 Å². The fourth-order valence-electron chi connectivity index (χ4n) is 3.51. The van der Waals surface area contributed by atoms with Crippen LogP contribution < -0.4 is 16.0 Å². The molecule has 1 saturated heterocycles. The van der Waals surface area contributed by atoms with Crippen LogP contribution >= 0.6 is 27.5 Å². The second kappa shape index (κ2) is 7.05. The van der Waals surface area contributed by atoms with Crippen LogP contribution in [0, 0.1) is 0 Å². The molecule has 1 spiro atoms. The van der Waals surface area contributed by atoms with Gasteiger partial charge in [0.1, 0.15) is 5.66 Å². The zero-order valence-corrected chi connectivity index (χ0v) is 16.7. The van der Waals surface area contributed by atoms with Gasteiger partial charge < -0.3 is 20.9 Å². The Kier molecular flexibility index (Phi) is 4.74. The Morgan fingerprint density at radius 2 is 1.81 bits per heavy atom. The lowest BCUT2D eigenvalue weighted by Gasteiger charge is -2.45. The third kappa shape index (κ3) is 3.61. The lowest BCUT2D eigenvalue weighted by atomic mass is 9.92. The van der Waals surface area contributed by atoms with Crippen molar-refractivity contribution in [1.29, 1.82) is 0 Å². The smallest absolute Gasteiger partial charge is 0.321 e. The number of nitrogens with one attached hydrogen (secondary N) is 3. The summed E-state index contributed by atoms with van der Waals surface area (Å²) in [7, 11) is 0. The van der Waals surface area contributed by atoms with E-state index in [1.807, 2.05) is 36.4 Å². The van der Waals surface area contributed by atoms with Gasteiger partial charge in [-0.2, -0.15) is 0 Å². The van der Waals surface area contributed by atoms with Gasteiger partial charge in [0.2, 0.25) is 0 Å². The standard InChI is InChI=1S/C19H18BrClN4O2/c20-12-4-6-13(7-5-12)22-18(27)25-10-8-19(9-11-25)23-15-3-1-2-14(21)16(15)17(26)24-19/h1-7,23H,8-11H2,(H,22,27)(H,24,26). The highest BCUT2D eigenvalue weighted by molar-refractivity contribution is 9.10. The van der Waals surface area contributed by atoms with E-state index in [9.17, 15) is 9.59 Å². The molecule has 140 valence electrons. The van der Waals surface area contributed by atoms with Gasteiger partial charge in [0, 0.05) is 36.1 Å². The highest BCUT2D eigenvalue weighted by Gasteiger charge is 2.41. The van der Waals surface area contributed by atoms with Gasteiger partial charge in [0.15, 0.2) is 0 Å². The van der Waals surface area contributed by atoms with Gasteiger partial charge in [-0.1, -0.05) is 33.6 Å². The molecule has 0 aliphatic carbocycles. The monoisotopic (exact) mass is 448 g/mol.